The highest BCUT2D eigenvalue weighted by atomic mass is 15.4. The van der Waals surface area contributed by atoms with Crippen molar-refractivity contribution in [3.8, 4) is 0 Å². The van der Waals surface area contributed by atoms with Gasteiger partial charge in [-0.2, -0.15) is 20.1 Å². The molecular weight excluding hydrogens is 350 g/mol. The number of piperidine rings is 1. The smallest absolute Gasteiger partial charge is 0.250 e. The van der Waals surface area contributed by atoms with Crippen molar-refractivity contribution in [3.63, 3.8) is 0 Å². The predicted octanol–water partition coefficient (Wildman–Crippen LogP) is 4.05. The first kappa shape index (κ1) is 17.9. The topological polar surface area (TPSA) is 78.3 Å². The second-order valence-corrected chi connectivity index (χ2v) is 6.60. The number of aromatic nitrogens is 3. The molecule has 142 valence electrons. The molecule has 1 saturated heterocycles. The third kappa shape index (κ3) is 4.82. The van der Waals surface area contributed by atoms with Crippen LogP contribution in [0, 0.1) is 0 Å². The number of rotatable bonds is 6. The summed E-state index contributed by atoms with van der Waals surface area (Å²) in [7, 11) is 0. The van der Waals surface area contributed by atoms with E-state index >= 15 is 0 Å². The van der Waals surface area contributed by atoms with Gasteiger partial charge in [0.25, 0.3) is 0 Å². The molecular formula is C21H23N7. The molecule has 1 aliphatic rings. The van der Waals surface area contributed by atoms with E-state index in [1.165, 1.54) is 6.42 Å². The van der Waals surface area contributed by atoms with Crippen LogP contribution in [-0.4, -0.2) is 34.3 Å². The Kier molecular flexibility index (Phi) is 5.72. The van der Waals surface area contributed by atoms with E-state index in [-0.39, 0.29) is 0 Å². The van der Waals surface area contributed by atoms with E-state index < -0.39 is 0 Å². The maximum atomic E-state index is 4.62. The fourth-order valence-corrected chi connectivity index (χ4v) is 3.06. The second kappa shape index (κ2) is 8.94. The van der Waals surface area contributed by atoms with Gasteiger partial charge in [0.2, 0.25) is 17.8 Å². The monoisotopic (exact) mass is 373 g/mol. The lowest BCUT2D eigenvalue weighted by molar-refractivity contribution is 0.568. The molecule has 0 bridgehead atoms. The minimum Gasteiger partial charge on any atom is -0.341 e. The summed E-state index contributed by atoms with van der Waals surface area (Å²) in [5, 5.41) is 7.52. The van der Waals surface area contributed by atoms with Gasteiger partial charge < -0.3 is 10.2 Å². The number of hydrogen-bond donors (Lipinski definition) is 2. The SMILES string of the molecule is C(=N\Nc1nc(Nc2ccccc2)nc(N2CCCCC2)n1)/c1ccccc1. The minimum atomic E-state index is 0.418. The quantitative estimate of drug-likeness (QED) is 0.501. The van der Waals surface area contributed by atoms with Gasteiger partial charge in [-0.1, -0.05) is 48.5 Å². The molecule has 0 saturated carbocycles. The summed E-state index contributed by atoms with van der Waals surface area (Å²) < 4.78 is 0. The first-order valence-corrected chi connectivity index (χ1v) is 9.54. The van der Waals surface area contributed by atoms with Crippen LogP contribution in [0.15, 0.2) is 65.8 Å². The highest BCUT2D eigenvalue weighted by Crippen LogP contribution is 2.20. The number of hydrogen-bond acceptors (Lipinski definition) is 7. The largest absolute Gasteiger partial charge is 0.341 e. The minimum absolute atomic E-state index is 0.418. The van der Waals surface area contributed by atoms with E-state index in [9.17, 15) is 0 Å². The Balaban J connectivity index is 1.56. The molecule has 2 N–H and O–H groups in total. The number of hydrazone groups is 1. The van der Waals surface area contributed by atoms with Gasteiger partial charge >= 0.3 is 0 Å². The molecule has 0 spiro atoms. The average molecular weight is 373 g/mol. The summed E-state index contributed by atoms with van der Waals surface area (Å²) in [5.41, 5.74) is 4.87. The van der Waals surface area contributed by atoms with E-state index in [2.05, 4.69) is 35.7 Å². The van der Waals surface area contributed by atoms with Crippen molar-refractivity contribution in [1.82, 2.24) is 15.0 Å². The maximum absolute atomic E-state index is 4.62. The van der Waals surface area contributed by atoms with Gasteiger partial charge in [-0.3, -0.25) is 0 Å². The van der Waals surface area contributed by atoms with Crippen molar-refractivity contribution in [3.05, 3.63) is 66.2 Å². The summed E-state index contributed by atoms with van der Waals surface area (Å²) in [4.78, 5) is 15.9. The van der Waals surface area contributed by atoms with Crippen molar-refractivity contribution in [1.29, 1.82) is 0 Å². The Morgan fingerprint density at radius 3 is 2.21 bits per heavy atom. The average Bonchev–Trinajstić information content (AvgIpc) is 2.76. The van der Waals surface area contributed by atoms with Crippen LogP contribution in [0.2, 0.25) is 0 Å². The first-order chi connectivity index (χ1) is 13.9. The molecule has 1 aromatic heterocycles. The second-order valence-electron chi connectivity index (χ2n) is 6.60. The van der Waals surface area contributed by atoms with Crippen LogP contribution in [0.5, 0.6) is 0 Å². The van der Waals surface area contributed by atoms with Gasteiger partial charge in [0.1, 0.15) is 0 Å². The summed E-state index contributed by atoms with van der Waals surface area (Å²) in [6.45, 7) is 1.92. The molecule has 0 radical (unpaired) electrons. The van der Waals surface area contributed by atoms with E-state index in [0.29, 0.717) is 17.8 Å². The molecule has 28 heavy (non-hydrogen) atoms. The molecule has 0 aliphatic carbocycles. The lowest BCUT2D eigenvalue weighted by atomic mass is 10.1. The predicted molar refractivity (Wildman–Crippen MR) is 113 cm³/mol. The highest BCUT2D eigenvalue weighted by molar-refractivity contribution is 5.79. The van der Waals surface area contributed by atoms with Crippen molar-refractivity contribution in [2.45, 2.75) is 19.3 Å². The molecule has 3 aromatic rings. The molecule has 1 aliphatic heterocycles. The Morgan fingerprint density at radius 2 is 1.46 bits per heavy atom. The maximum Gasteiger partial charge on any atom is 0.250 e. The Morgan fingerprint density at radius 1 is 0.786 bits per heavy atom. The molecule has 2 aromatic carbocycles. The Hall–Kier alpha value is -3.48. The molecule has 0 atom stereocenters. The summed E-state index contributed by atoms with van der Waals surface area (Å²) in [6.07, 6.45) is 5.31. The van der Waals surface area contributed by atoms with E-state index in [0.717, 1.165) is 37.2 Å². The van der Waals surface area contributed by atoms with Crippen LogP contribution in [0.4, 0.5) is 23.5 Å². The Labute approximate surface area is 164 Å². The summed E-state index contributed by atoms with van der Waals surface area (Å²) in [6, 6.07) is 19.8. The number of para-hydroxylation sites is 1. The number of anilines is 4. The van der Waals surface area contributed by atoms with Crippen LogP contribution >= 0.6 is 0 Å². The zero-order chi connectivity index (χ0) is 19.0. The van der Waals surface area contributed by atoms with Gasteiger partial charge in [-0.15, -0.1) is 0 Å². The lowest BCUT2D eigenvalue weighted by Crippen LogP contribution is -2.31. The van der Waals surface area contributed by atoms with E-state index in [1.54, 1.807) is 6.21 Å². The van der Waals surface area contributed by atoms with E-state index in [4.69, 9.17) is 0 Å². The summed E-state index contributed by atoms with van der Waals surface area (Å²) >= 11 is 0. The van der Waals surface area contributed by atoms with Crippen molar-refractivity contribution in [2.75, 3.05) is 28.7 Å². The molecule has 0 amide bonds. The van der Waals surface area contributed by atoms with Crippen molar-refractivity contribution >= 4 is 29.7 Å². The number of nitrogens with zero attached hydrogens (tertiary/aromatic N) is 5. The fourth-order valence-electron chi connectivity index (χ4n) is 3.06. The lowest BCUT2D eigenvalue weighted by Gasteiger charge is -2.26. The highest BCUT2D eigenvalue weighted by Gasteiger charge is 2.16. The zero-order valence-electron chi connectivity index (χ0n) is 15.6. The van der Waals surface area contributed by atoms with Crippen molar-refractivity contribution in [2.24, 2.45) is 5.10 Å². The third-order valence-corrected chi connectivity index (χ3v) is 4.47. The zero-order valence-corrected chi connectivity index (χ0v) is 15.6. The van der Waals surface area contributed by atoms with Crippen LogP contribution in [0.1, 0.15) is 24.8 Å². The molecule has 7 heteroatoms. The fraction of sp³-hybridized carbons (Fsp3) is 0.238. The standard InChI is InChI=1S/C21H23N7/c1-4-10-17(11-5-1)16-22-27-20-24-19(23-18-12-6-2-7-13-18)25-21(26-20)28-14-8-3-9-15-28/h1-2,4-7,10-13,16H,3,8-9,14-15H2,(H2,23,24,25,26,27)/b22-16+. The molecule has 1 fully saturated rings. The first-order valence-electron chi connectivity index (χ1n) is 9.54. The molecule has 2 heterocycles. The van der Waals surface area contributed by atoms with Crippen LogP contribution < -0.4 is 15.6 Å². The summed E-state index contributed by atoms with van der Waals surface area (Å²) in [5.74, 6) is 1.59. The van der Waals surface area contributed by atoms with Gasteiger partial charge in [0.15, 0.2) is 0 Å². The van der Waals surface area contributed by atoms with Gasteiger partial charge in [0.05, 0.1) is 6.21 Å². The molecule has 4 rings (SSSR count). The number of benzene rings is 2. The molecule has 0 unspecified atom stereocenters. The van der Waals surface area contributed by atoms with Gasteiger partial charge in [-0.25, -0.2) is 5.43 Å². The van der Waals surface area contributed by atoms with E-state index in [1.807, 2.05) is 60.7 Å². The van der Waals surface area contributed by atoms with Crippen LogP contribution in [0.3, 0.4) is 0 Å². The number of nitrogens with one attached hydrogen (secondary N) is 2. The third-order valence-electron chi connectivity index (χ3n) is 4.47. The normalized spacial score (nSPS) is 14.2. The van der Waals surface area contributed by atoms with Gasteiger partial charge in [-0.05, 0) is 37.0 Å². The molecule has 7 nitrogen and oxygen atoms in total. The van der Waals surface area contributed by atoms with Crippen LogP contribution in [-0.2, 0) is 0 Å². The Bertz CT molecular complexity index is 907. The van der Waals surface area contributed by atoms with Gasteiger partial charge in [0, 0.05) is 18.8 Å². The van der Waals surface area contributed by atoms with Crippen LogP contribution in [0.25, 0.3) is 0 Å². The van der Waals surface area contributed by atoms with Crippen molar-refractivity contribution < 1.29 is 0 Å².